The Labute approximate surface area is 129 Å². The number of carbonyl (C=O) groups is 2. The molecular formula is C18H18N2O2. The highest BCUT2D eigenvalue weighted by Crippen LogP contribution is 2.04. The third kappa shape index (κ3) is 5.25. The standard InChI is InChI=1S/C18H18N2O2/c1-14-7-9-15(10-8-14)11-12-17(21)19-20-18(22)13-16-5-3-2-4-6-16/h2-12H,13H2,1H3,(H,19,21)(H,20,22). The van der Waals surface area contributed by atoms with Crippen LogP contribution in [0.3, 0.4) is 0 Å². The summed E-state index contributed by atoms with van der Waals surface area (Å²) in [6, 6.07) is 17.1. The number of benzene rings is 2. The van der Waals surface area contributed by atoms with Gasteiger partial charge in [0.05, 0.1) is 6.42 Å². The molecule has 0 spiro atoms. The molecule has 0 aliphatic heterocycles. The first-order valence-corrected chi connectivity index (χ1v) is 7.01. The van der Waals surface area contributed by atoms with Gasteiger partial charge in [0.25, 0.3) is 5.91 Å². The SMILES string of the molecule is Cc1ccc(C=CC(=O)NNC(=O)Cc2ccccc2)cc1. The summed E-state index contributed by atoms with van der Waals surface area (Å²) in [5, 5.41) is 0. The van der Waals surface area contributed by atoms with Crippen molar-refractivity contribution in [1.29, 1.82) is 0 Å². The highest BCUT2D eigenvalue weighted by molar-refractivity contribution is 5.93. The molecule has 0 saturated heterocycles. The molecule has 0 aliphatic carbocycles. The van der Waals surface area contributed by atoms with Crippen LogP contribution >= 0.6 is 0 Å². The minimum Gasteiger partial charge on any atom is -0.273 e. The van der Waals surface area contributed by atoms with Gasteiger partial charge in [0.15, 0.2) is 0 Å². The summed E-state index contributed by atoms with van der Waals surface area (Å²) in [7, 11) is 0. The van der Waals surface area contributed by atoms with Crippen molar-refractivity contribution in [1.82, 2.24) is 10.9 Å². The van der Waals surface area contributed by atoms with E-state index in [1.165, 1.54) is 6.08 Å². The maximum Gasteiger partial charge on any atom is 0.262 e. The predicted molar refractivity (Wildman–Crippen MR) is 86.6 cm³/mol. The van der Waals surface area contributed by atoms with Gasteiger partial charge in [-0.1, -0.05) is 60.2 Å². The Hall–Kier alpha value is -2.88. The van der Waals surface area contributed by atoms with E-state index in [1.54, 1.807) is 6.08 Å². The van der Waals surface area contributed by atoms with Crippen LogP contribution in [-0.2, 0) is 16.0 Å². The molecule has 2 rings (SSSR count). The molecule has 2 aromatic rings. The van der Waals surface area contributed by atoms with Crippen molar-refractivity contribution in [2.45, 2.75) is 13.3 Å². The Morgan fingerprint density at radius 1 is 0.955 bits per heavy atom. The lowest BCUT2D eigenvalue weighted by atomic mass is 10.1. The van der Waals surface area contributed by atoms with Crippen molar-refractivity contribution in [3.05, 3.63) is 77.4 Å². The molecule has 0 unspecified atom stereocenters. The van der Waals surface area contributed by atoms with Crippen LogP contribution in [0.5, 0.6) is 0 Å². The molecule has 0 bridgehead atoms. The fourth-order valence-corrected chi connectivity index (χ4v) is 1.85. The van der Waals surface area contributed by atoms with Crippen LogP contribution in [0.1, 0.15) is 16.7 Å². The van der Waals surface area contributed by atoms with Gasteiger partial charge in [-0.3, -0.25) is 20.4 Å². The summed E-state index contributed by atoms with van der Waals surface area (Å²) < 4.78 is 0. The lowest BCUT2D eigenvalue weighted by Crippen LogP contribution is -2.41. The third-order valence-corrected chi connectivity index (χ3v) is 3.04. The van der Waals surface area contributed by atoms with E-state index >= 15 is 0 Å². The molecule has 0 radical (unpaired) electrons. The lowest BCUT2D eigenvalue weighted by molar-refractivity contribution is -0.126. The second-order valence-corrected chi connectivity index (χ2v) is 4.94. The number of rotatable bonds is 4. The van der Waals surface area contributed by atoms with Crippen LogP contribution in [0.25, 0.3) is 6.08 Å². The van der Waals surface area contributed by atoms with Crippen LogP contribution < -0.4 is 10.9 Å². The average molecular weight is 294 g/mol. The number of aryl methyl sites for hydroxylation is 1. The molecular weight excluding hydrogens is 276 g/mol. The molecule has 0 aliphatic rings. The maximum atomic E-state index is 11.7. The maximum absolute atomic E-state index is 11.7. The summed E-state index contributed by atoms with van der Waals surface area (Å²) in [6.45, 7) is 2.00. The van der Waals surface area contributed by atoms with Crippen molar-refractivity contribution >= 4 is 17.9 Å². The minimum atomic E-state index is -0.373. The van der Waals surface area contributed by atoms with Gasteiger partial charge in [0.1, 0.15) is 0 Å². The predicted octanol–water partition coefficient (Wildman–Crippen LogP) is 2.40. The molecule has 0 atom stereocenters. The number of hydrogen-bond donors (Lipinski definition) is 2. The second-order valence-electron chi connectivity index (χ2n) is 4.94. The van der Waals surface area contributed by atoms with Crippen molar-refractivity contribution < 1.29 is 9.59 Å². The molecule has 2 N–H and O–H groups in total. The molecule has 4 nitrogen and oxygen atoms in total. The van der Waals surface area contributed by atoms with Crippen molar-refractivity contribution in [3.63, 3.8) is 0 Å². The second kappa shape index (κ2) is 7.78. The van der Waals surface area contributed by atoms with Gasteiger partial charge in [0, 0.05) is 6.08 Å². The van der Waals surface area contributed by atoms with Gasteiger partial charge in [-0.25, -0.2) is 0 Å². The van der Waals surface area contributed by atoms with E-state index in [0.29, 0.717) is 0 Å². The van der Waals surface area contributed by atoms with Crippen molar-refractivity contribution in [2.75, 3.05) is 0 Å². The van der Waals surface area contributed by atoms with E-state index in [1.807, 2.05) is 61.5 Å². The first-order chi connectivity index (χ1) is 10.6. The Bertz CT molecular complexity index is 661. The largest absolute Gasteiger partial charge is 0.273 e. The molecule has 0 saturated carbocycles. The molecule has 2 amide bonds. The lowest BCUT2D eigenvalue weighted by Gasteiger charge is -2.05. The number of nitrogens with one attached hydrogen (secondary N) is 2. The molecule has 0 aromatic heterocycles. The zero-order chi connectivity index (χ0) is 15.8. The van der Waals surface area contributed by atoms with E-state index in [2.05, 4.69) is 10.9 Å². The van der Waals surface area contributed by atoms with Gasteiger partial charge in [-0.15, -0.1) is 0 Å². The molecule has 112 valence electrons. The molecule has 22 heavy (non-hydrogen) atoms. The van der Waals surface area contributed by atoms with E-state index in [-0.39, 0.29) is 18.2 Å². The Balaban J connectivity index is 1.77. The monoisotopic (exact) mass is 294 g/mol. The fraction of sp³-hybridized carbons (Fsp3) is 0.111. The van der Waals surface area contributed by atoms with Gasteiger partial charge >= 0.3 is 0 Å². The van der Waals surface area contributed by atoms with Gasteiger partial charge < -0.3 is 0 Å². The minimum absolute atomic E-state index is 0.225. The number of hydrogen-bond acceptors (Lipinski definition) is 2. The summed E-state index contributed by atoms with van der Waals surface area (Å²) in [4.78, 5) is 23.3. The average Bonchev–Trinajstić information content (AvgIpc) is 2.53. The molecule has 2 aromatic carbocycles. The first-order valence-electron chi connectivity index (χ1n) is 7.01. The van der Waals surface area contributed by atoms with E-state index in [4.69, 9.17) is 0 Å². The van der Waals surface area contributed by atoms with Crippen molar-refractivity contribution in [3.8, 4) is 0 Å². The Morgan fingerprint density at radius 3 is 2.32 bits per heavy atom. The number of carbonyl (C=O) groups excluding carboxylic acids is 2. The van der Waals surface area contributed by atoms with Crippen LogP contribution in [0.15, 0.2) is 60.7 Å². The normalized spacial score (nSPS) is 10.4. The van der Waals surface area contributed by atoms with Gasteiger partial charge in [-0.05, 0) is 24.1 Å². The molecule has 4 heteroatoms. The van der Waals surface area contributed by atoms with E-state index < -0.39 is 0 Å². The topological polar surface area (TPSA) is 58.2 Å². The quantitative estimate of drug-likeness (QED) is 0.672. The van der Waals surface area contributed by atoms with Crippen LogP contribution in [0, 0.1) is 6.92 Å². The number of amides is 2. The summed E-state index contributed by atoms with van der Waals surface area (Å²) in [6.07, 6.45) is 3.30. The van der Waals surface area contributed by atoms with Gasteiger partial charge in [0.2, 0.25) is 5.91 Å². The smallest absolute Gasteiger partial charge is 0.262 e. The highest BCUT2D eigenvalue weighted by atomic mass is 16.2. The van der Waals surface area contributed by atoms with Gasteiger partial charge in [-0.2, -0.15) is 0 Å². The zero-order valence-corrected chi connectivity index (χ0v) is 12.4. The first kappa shape index (κ1) is 15.5. The van der Waals surface area contributed by atoms with Crippen LogP contribution in [-0.4, -0.2) is 11.8 Å². The fourth-order valence-electron chi connectivity index (χ4n) is 1.85. The Kier molecular flexibility index (Phi) is 5.49. The molecule has 0 fully saturated rings. The van der Waals surface area contributed by atoms with Crippen LogP contribution in [0.4, 0.5) is 0 Å². The number of hydrazine groups is 1. The van der Waals surface area contributed by atoms with Crippen molar-refractivity contribution in [2.24, 2.45) is 0 Å². The Morgan fingerprint density at radius 2 is 1.64 bits per heavy atom. The third-order valence-electron chi connectivity index (χ3n) is 3.04. The van der Waals surface area contributed by atoms with Crippen LogP contribution in [0.2, 0.25) is 0 Å². The summed E-state index contributed by atoms with van der Waals surface area (Å²) in [5.74, 6) is -0.634. The van der Waals surface area contributed by atoms with E-state index in [0.717, 1.165) is 16.7 Å². The summed E-state index contributed by atoms with van der Waals surface area (Å²) in [5.41, 5.74) is 7.73. The molecule has 0 heterocycles. The van der Waals surface area contributed by atoms with E-state index in [9.17, 15) is 9.59 Å². The zero-order valence-electron chi connectivity index (χ0n) is 12.4. The summed E-state index contributed by atoms with van der Waals surface area (Å²) >= 11 is 0. The highest BCUT2D eigenvalue weighted by Gasteiger charge is 2.03.